The van der Waals surface area contributed by atoms with Gasteiger partial charge in [0.1, 0.15) is 6.10 Å². The Hall–Kier alpha value is -0.750. The van der Waals surface area contributed by atoms with Gasteiger partial charge in [0.2, 0.25) is 0 Å². The average Bonchev–Trinajstić information content (AvgIpc) is 2.15. The van der Waals surface area contributed by atoms with E-state index in [0.717, 1.165) is 5.56 Å². The monoisotopic (exact) mass is 214 g/mol. The Morgan fingerprint density at radius 2 is 2.00 bits per heavy atom. The lowest BCUT2D eigenvalue weighted by Gasteiger charge is -2.22. The molecule has 0 aromatic heterocycles. The molecule has 3 atom stereocenters. The summed E-state index contributed by atoms with van der Waals surface area (Å²) >= 11 is -2.55. The summed E-state index contributed by atoms with van der Waals surface area (Å²) in [6.07, 6.45) is -0.616. The van der Waals surface area contributed by atoms with Crippen molar-refractivity contribution in [3.63, 3.8) is 0 Å². The van der Waals surface area contributed by atoms with Crippen molar-refractivity contribution in [1.82, 2.24) is 0 Å². The van der Waals surface area contributed by atoms with Gasteiger partial charge in [0.25, 0.3) is 0 Å². The Balaban J connectivity index is 2.83. The topological polar surface area (TPSA) is 75.4 Å². The van der Waals surface area contributed by atoms with E-state index in [0.29, 0.717) is 0 Å². The maximum absolute atomic E-state index is 10.4. The third kappa shape index (κ3) is 3.19. The minimum absolute atomic E-state index is 0.379. The molecule has 0 aliphatic rings. The number of nitrogens with two attached hydrogens (primary N) is 1. The molecule has 0 saturated heterocycles. The fourth-order valence-corrected chi connectivity index (χ4v) is 1.63. The van der Waals surface area contributed by atoms with Crippen molar-refractivity contribution in [1.29, 1.82) is 0 Å². The van der Waals surface area contributed by atoms with Gasteiger partial charge in [-0.05, 0) is 12.5 Å². The number of hydrogen-bond donors (Lipinski definition) is 1. The van der Waals surface area contributed by atoms with Crippen molar-refractivity contribution < 1.29 is 12.9 Å². The summed E-state index contributed by atoms with van der Waals surface area (Å²) in [7, 11) is 0. The van der Waals surface area contributed by atoms with Crippen LogP contribution in [0.4, 0.5) is 0 Å². The predicted molar refractivity (Wildman–Crippen MR) is 52.8 cm³/mol. The van der Waals surface area contributed by atoms with Gasteiger partial charge in [-0.1, -0.05) is 30.3 Å². The van der Waals surface area contributed by atoms with Crippen LogP contribution in [0.1, 0.15) is 18.6 Å². The second kappa shape index (κ2) is 5.21. The molecular weight excluding hydrogens is 202 g/mol. The lowest BCUT2D eigenvalue weighted by molar-refractivity contribution is 0.180. The van der Waals surface area contributed by atoms with E-state index in [9.17, 15) is 8.76 Å². The van der Waals surface area contributed by atoms with Crippen molar-refractivity contribution in [2.75, 3.05) is 0 Å². The van der Waals surface area contributed by atoms with E-state index in [-0.39, 0.29) is 6.04 Å². The van der Waals surface area contributed by atoms with Crippen molar-refractivity contribution in [3.05, 3.63) is 35.9 Å². The molecular formula is C9H12NO3S-. The van der Waals surface area contributed by atoms with Gasteiger partial charge in [-0.25, -0.2) is 4.21 Å². The number of benzene rings is 1. The fraction of sp³-hybridized carbons (Fsp3) is 0.333. The van der Waals surface area contributed by atoms with Crippen LogP contribution in [0.2, 0.25) is 0 Å². The maximum Gasteiger partial charge on any atom is 0.113 e. The van der Waals surface area contributed by atoms with Crippen molar-refractivity contribution >= 4 is 11.4 Å². The SMILES string of the molecule is CC(N)C(OS(=O)[O-])c1ccccc1. The van der Waals surface area contributed by atoms with E-state index in [1.807, 2.05) is 18.2 Å². The molecule has 4 nitrogen and oxygen atoms in total. The summed E-state index contributed by atoms with van der Waals surface area (Å²) in [5.41, 5.74) is 6.37. The zero-order valence-corrected chi connectivity index (χ0v) is 8.57. The lowest BCUT2D eigenvalue weighted by Crippen LogP contribution is -2.27. The lowest BCUT2D eigenvalue weighted by atomic mass is 10.0. The summed E-state index contributed by atoms with van der Waals surface area (Å²) in [5, 5.41) is 0. The minimum Gasteiger partial charge on any atom is -0.750 e. The first kappa shape index (κ1) is 11.3. The molecule has 0 amide bonds. The highest BCUT2D eigenvalue weighted by Crippen LogP contribution is 2.20. The van der Waals surface area contributed by atoms with E-state index >= 15 is 0 Å². The highest BCUT2D eigenvalue weighted by Gasteiger charge is 2.16. The first-order valence-electron chi connectivity index (χ1n) is 4.18. The standard InChI is InChI=1S/C9H13NO3S/c1-7(10)9(13-14(11)12)8-5-3-2-4-6-8/h2-7,9H,10H2,1H3,(H,11,12)/p-1. The third-order valence-electron chi connectivity index (χ3n) is 1.79. The summed E-state index contributed by atoms with van der Waals surface area (Å²) in [6.45, 7) is 1.70. The van der Waals surface area contributed by atoms with Crippen molar-refractivity contribution in [3.8, 4) is 0 Å². The molecule has 0 bridgehead atoms. The van der Waals surface area contributed by atoms with Gasteiger partial charge in [-0.2, -0.15) is 0 Å². The first-order chi connectivity index (χ1) is 6.61. The van der Waals surface area contributed by atoms with Crippen LogP contribution in [0.25, 0.3) is 0 Å². The summed E-state index contributed by atoms with van der Waals surface area (Å²) in [5.74, 6) is 0. The fourth-order valence-electron chi connectivity index (χ4n) is 1.17. The smallest absolute Gasteiger partial charge is 0.113 e. The van der Waals surface area contributed by atoms with Gasteiger partial charge >= 0.3 is 0 Å². The van der Waals surface area contributed by atoms with Gasteiger partial charge in [0.15, 0.2) is 0 Å². The molecule has 0 spiro atoms. The molecule has 2 N–H and O–H groups in total. The molecule has 1 aromatic carbocycles. The summed E-state index contributed by atoms with van der Waals surface area (Å²) in [4.78, 5) is 0. The van der Waals surface area contributed by atoms with E-state index in [2.05, 4.69) is 4.18 Å². The predicted octanol–water partition coefficient (Wildman–Crippen LogP) is 0.886. The summed E-state index contributed by atoms with van der Waals surface area (Å²) in [6, 6.07) is 8.64. The van der Waals surface area contributed by atoms with Crippen LogP contribution in [0.3, 0.4) is 0 Å². The van der Waals surface area contributed by atoms with Gasteiger partial charge in [-0.15, -0.1) is 0 Å². The Morgan fingerprint density at radius 1 is 1.43 bits per heavy atom. The third-order valence-corrected chi connectivity index (χ3v) is 2.15. The van der Waals surface area contributed by atoms with Crippen molar-refractivity contribution in [2.24, 2.45) is 5.73 Å². The molecule has 0 heterocycles. The van der Waals surface area contributed by atoms with Crippen molar-refractivity contribution in [2.45, 2.75) is 19.1 Å². The molecule has 14 heavy (non-hydrogen) atoms. The molecule has 0 radical (unpaired) electrons. The average molecular weight is 214 g/mol. The normalized spacial score (nSPS) is 17.4. The second-order valence-corrected chi connectivity index (χ2v) is 3.59. The Labute approximate surface area is 85.6 Å². The molecule has 78 valence electrons. The Kier molecular flexibility index (Phi) is 4.21. The highest BCUT2D eigenvalue weighted by molar-refractivity contribution is 7.74. The maximum atomic E-state index is 10.4. The van der Waals surface area contributed by atoms with E-state index in [4.69, 9.17) is 5.73 Å². The quantitative estimate of drug-likeness (QED) is 0.755. The number of rotatable bonds is 4. The summed E-state index contributed by atoms with van der Waals surface area (Å²) < 4.78 is 25.5. The number of hydrogen-bond acceptors (Lipinski definition) is 4. The van der Waals surface area contributed by atoms with Crippen LogP contribution in [-0.2, 0) is 15.5 Å². The van der Waals surface area contributed by atoms with Crippen LogP contribution in [-0.4, -0.2) is 14.8 Å². The zero-order valence-electron chi connectivity index (χ0n) is 7.75. The molecule has 0 aliphatic carbocycles. The minimum atomic E-state index is -2.55. The van der Waals surface area contributed by atoms with Crippen LogP contribution in [0.15, 0.2) is 30.3 Å². The molecule has 1 rings (SSSR count). The zero-order chi connectivity index (χ0) is 10.6. The molecule has 0 saturated carbocycles. The van der Waals surface area contributed by atoms with E-state index < -0.39 is 17.5 Å². The molecule has 5 heteroatoms. The van der Waals surface area contributed by atoms with Crippen LogP contribution >= 0.6 is 0 Å². The molecule has 0 fully saturated rings. The van der Waals surface area contributed by atoms with Gasteiger partial charge < -0.3 is 10.3 Å². The van der Waals surface area contributed by atoms with Crippen LogP contribution in [0.5, 0.6) is 0 Å². The molecule has 0 aliphatic heterocycles. The van der Waals surface area contributed by atoms with Gasteiger partial charge in [-0.3, -0.25) is 4.18 Å². The largest absolute Gasteiger partial charge is 0.750 e. The Bertz CT molecular complexity index is 302. The van der Waals surface area contributed by atoms with Gasteiger partial charge in [0.05, 0.1) is 11.4 Å². The Morgan fingerprint density at radius 3 is 2.43 bits per heavy atom. The second-order valence-electron chi connectivity index (χ2n) is 2.99. The van der Waals surface area contributed by atoms with Gasteiger partial charge in [0, 0.05) is 6.04 Å². The van der Waals surface area contributed by atoms with Crippen LogP contribution in [0, 0.1) is 0 Å². The van der Waals surface area contributed by atoms with E-state index in [1.54, 1.807) is 19.1 Å². The molecule has 3 unspecified atom stereocenters. The van der Waals surface area contributed by atoms with Crippen LogP contribution < -0.4 is 5.73 Å². The first-order valence-corrected chi connectivity index (χ1v) is 5.18. The van der Waals surface area contributed by atoms with E-state index in [1.165, 1.54) is 0 Å². The molecule has 1 aromatic rings. The highest BCUT2D eigenvalue weighted by atomic mass is 32.2.